The lowest BCUT2D eigenvalue weighted by molar-refractivity contribution is 0.176. The predicted octanol–water partition coefficient (Wildman–Crippen LogP) is 2.81. The number of benzene rings is 1. The number of rotatable bonds is 4. The van der Waals surface area contributed by atoms with Crippen LogP contribution in [0, 0.1) is 12.7 Å². The van der Waals surface area contributed by atoms with Crippen LogP contribution in [0.25, 0.3) is 0 Å². The zero-order valence-electron chi connectivity index (χ0n) is 10.9. The van der Waals surface area contributed by atoms with E-state index in [4.69, 9.17) is 4.74 Å². The van der Waals surface area contributed by atoms with Gasteiger partial charge in [0.15, 0.2) is 11.6 Å². The highest BCUT2D eigenvalue weighted by molar-refractivity contribution is 5.32. The van der Waals surface area contributed by atoms with Gasteiger partial charge < -0.3 is 9.84 Å². The van der Waals surface area contributed by atoms with E-state index in [1.54, 1.807) is 12.3 Å². The standard InChI is InChI=1S/C15H16FNO2/c1-10-4-3-7-17-13(10)9-14(18)11-5-6-12(16)15(8-11)19-2/h3-8,14,18H,9H2,1-2H3. The number of aryl methyl sites for hydroxylation is 1. The van der Waals surface area contributed by atoms with Crippen LogP contribution in [0.3, 0.4) is 0 Å². The predicted molar refractivity (Wildman–Crippen MR) is 70.6 cm³/mol. The molecule has 19 heavy (non-hydrogen) atoms. The van der Waals surface area contributed by atoms with Crippen LogP contribution in [0.2, 0.25) is 0 Å². The molecule has 0 saturated carbocycles. The van der Waals surface area contributed by atoms with Gasteiger partial charge in [0.05, 0.1) is 13.2 Å². The third kappa shape index (κ3) is 3.09. The van der Waals surface area contributed by atoms with Crippen LogP contribution in [0.15, 0.2) is 36.5 Å². The maximum absolute atomic E-state index is 13.3. The van der Waals surface area contributed by atoms with Crippen molar-refractivity contribution in [3.8, 4) is 5.75 Å². The molecule has 2 aromatic rings. The van der Waals surface area contributed by atoms with Crippen LogP contribution in [0.4, 0.5) is 4.39 Å². The molecule has 0 aliphatic carbocycles. The number of methoxy groups -OCH3 is 1. The van der Waals surface area contributed by atoms with E-state index in [0.29, 0.717) is 12.0 Å². The fourth-order valence-corrected chi connectivity index (χ4v) is 1.92. The number of aliphatic hydroxyl groups is 1. The Hall–Kier alpha value is -1.94. The number of ether oxygens (including phenoxy) is 1. The Balaban J connectivity index is 2.20. The summed E-state index contributed by atoms with van der Waals surface area (Å²) in [5.41, 5.74) is 2.47. The van der Waals surface area contributed by atoms with Gasteiger partial charge in [-0.3, -0.25) is 4.98 Å². The fourth-order valence-electron chi connectivity index (χ4n) is 1.92. The molecule has 3 nitrogen and oxygen atoms in total. The highest BCUT2D eigenvalue weighted by Gasteiger charge is 2.13. The van der Waals surface area contributed by atoms with Crippen molar-refractivity contribution in [1.29, 1.82) is 0 Å². The molecule has 1 aromatic carbocycles. The second kappa shape index (κ2) is 5.80. The molecule has 100 valence electrons. The monoisotopic (exact) mass is 261 g/mol. The number of hydrogen-bond donors (Lipinski definition) is 1. The molecule has 0 aliphatic heterocycles. The summed E-state index contributed by atoms with van der Waals surface area (Å²) >= 11 is 0. The van der Waals surface area contributed by atoms with Crippen molar-refractivity contribution in [2.45, 2.75) is 19.4 Å². The van der Waals surface area contributed by atoms with Crippen molar-refractivity contribution in [2.75, 3.05) is 7.11 Å². The number of halogens is 1. The van der Waals surface area contributed by atoms with Gasteiger partial charge in [-0.25, -0.2) is 4.39 Å². The molecular weight excluding hydrogens is 245 g/mol. The van der Waals surface area contributed by atoms with Gasteiger partial charge in [0.25, 0.3) is 0 Å². The van der Waals surface area contributed by atoms with Crippen molar-refractivity contribution in [2.24, 2.45) is 0 Å². The molecule has 0 amide bonds. The Morgan fingerprint density at radius 2 is 2.16 bits per heavy atom. The second-order valence-corrected chi connectivity index (χ2v) is 4.38. The minimum Gasteiger partial charge on any atom is -0.494 e. The van der Waals surface area contributed by atoms with Gasteiger partial charge in [-0.15, -0.1) is 0 Å². The summed E-state index contributed by atoms with van der Waals surface area (Å²) in [5, 5.41) is 10.2. The van der Waals surface area contributed by atoms with E-state index in [1.807, 2.05) is 19.1 Å². The van der Waals surface area contributed by atoms with E-state index in [-0.39, 0.29) is 5.75 Å². The smallest absolute Gasteiger partial charge is 0.165 e. The molecule has 0 aliphatic rings. The molecule has 1 heterocycles. The molecule has 0 fully saturated rings. The van der Waals surface area contributed by atoms with Gasteiger partial charge in [-0.05, 0) is 36.2 Å². The van der Waals surface area contributed by atoms with E-state index < -0.39 is 11.9 Å². The Bertz CT molecular complexity index is 572. The van der Waals surface area contributed by atoms with Crippen molar-refractivity contribution in [3.63, 3.8) is 0 Å². The summed E-state index contributed by atoms with van der Waals surface area (Å²) in [6, 6.07) is 8.16. The van der Waals surface area contributed by atoms with E-state index in [0.717, 1.165) is 11.3 Å². The third-order valence-corrected chi connectivity index (χ3v) is 3.06. The summed E-state index contributed by atoms with van der Waals surface area (Å²) in [5.74, 6) is -0.304. The lowest BCUT2D eigenvalue weighted by Gasteiger charge is -2.13. The van der Waals surface area contributed by atoms with Crippen molar-refractivity contribution >= 4 is 0 Å². The van der Waals surface area contributed by atoms with Crippen LogP contribution in [-0.2, 0) is 6.42 Å². The molecule has 0 spiro atoms. The molecule has 0 bridgehead atoms. The first-order chi connectivity index (χ1) is 9.11. The molecule has 1 aromatic heterocycles. The van der Waals surface area contributed by atoms with Gasteiger partial charge >= 0.3 is 0 Å². The van der Waals surface area contributed by atoms with Crippen LogP contribution >= 0.6 is 0 Å². The first-order valence-electron chi connectivity index (χ1n) is 6.04. The highest BCUT2D eigenvalue weighted by Crippen LogP contribution is 2.25. The lowest BCUT2D eigenvalue weighted by atomic mass is 10.0. The van der Waals surface area contributed by atoms with E-state index in [1.165, 1.54) is 19.2 Å². The molecule has 0 radical (unpaired) electrons. The Morgan fingerprint density at radius 3 is 2.84 bits per heavy atom. The normalized spacial score (nSPS) is 12.2. The minimum absolute atomic E-state index is 0.134. The first kappa shape index (κ1) is 13.5. The molecule has 1 N–H and O–H groups in total. The molecule has 4 heteroatoms. The van der Waals surface area contributed by atoms with E-state index in [2.05, 4.69) is 4.98 Å². The zero-order chi connectivity index (χ0) is 13.8. The van der Waals surface area contributed by atoms with Crippen LogP contribution in [-0.4, -0.2) is 17.2 Å². The van der Waals surface area contributed by atoms with Gasteiger partial charge in [-0.2, -0.15) is 0 Å². The molecule has 0 saturated heterocycles. The number of pyridine rings is 1. The maximum atomic E-state index is 13.3. The van der Waals surface area contributed by atoms with Gasteiger partial charge in [-0.1, -0.05) is 12.1 Å². The summed E-state index contributed by atoms with van der Waals surface area (Å²) in [6.45, 7) is 1.94. The Labute approximate surface area is 111 Å². The van der Waals surface area contributed by atoms with E-state index >= 15 is 0 Å². The van der Waals surface area contributed by atoms with Gasteiger partial charge in [0.2, 0.25) is 0 Å². The topological polar surface area (TPSA) is 42.4 Å². The number of aromatic nitrogens is 1. The molecule has 1 atom stereocenters. The number of hydrogen-bond acceptors (Lipinski definition) is 3. The quantitative estimate of drug-likeness (QED) is 0.920. The number of nitrogens with zero attached hydrogens (tertiary/aromatic N) is 1. The fraction of sp³-hybridized carbons (Fsp3) is 0.267. The number of aliphatic hydroxyl groups excluding tert-OH is 1. The van der Waals surface area contributed by atoms with Crippen LogP contribution < -0.4 is 4.74 Å². The average molecular weight is 261 g/mol. The maximum Gasteiger partial charge on any atom is 0.165 e. The lowest BCUT2D eigenvalue weighted by Crippen LogP contribution is -2.05. The molecule has 1 unspecified atom stereocenters. The summed E-state index contributed by atoms with van der Waals surface area (Å²) in [4.78, 5) is 4.24. The Morgan fingerprint density at radius 1 is 1.37 bits per heavy atom. The van der Waals surface area contributed by atoms with Crippen LogP contribution in [0.1, 0.15) is 22.9 Å². The molecule has 2 rings (SSSR count). The van der Waals surface area contributed by atoms with Gasteiger partial charge in [0.1, 0.15) is 0 Å². The van der Waals surface area contributed by atoms with Gasteiger partial charge in [0, 0.05) is 18.3 Å². The third-order valence-electron chi connectivity index (χ3n) is 3.06. The molecular formula is C15H16FNO2. The van der Waals surface area contributed by atoms with Crippen molar-refractivity contribution in [3.05, 3.63) is 59.2 Å². The summed E-state index contributed by atoms with van der Waals surface area (Å²) in [7, 11) is 1.40. The first-order valence-corrected chi connectivity index (χ1v) is 6.04. The summed E-state index contributed by atoms with van der Waals surface area (Å²) in [6.07, 6.45) is 1.35. The summed E-state index contributed by atoms with van der Waals surface area (Å²) < 4.78 is 18.2. The SMILES string of the molecule is COc1cc(C(O)Cc2ncccc2C)ccc1F. The van der Waals surface area contributed by atoms with Crippen molar-refractivity contribution in [1.82, 2.24) is 4.98 Å². The Kier molecular flexibility index (Phi) is 4.12. The second-order valence-electron chi connectivity index (χ2n) is 4.38. The largest absolute Gasteiger partial charge is 0.494 e. The zero-order valence-corrected chi connectivity index (χ0v) is 10.9. The highest BCUT2D eigenvalue weighted by atomic mass is 19.1. The van der Waals surface area contributed by atoms with Crippen molar-refractivity contribution < 1.29 is 14.2 Å². The van der Waals surface area contributed by atoms with Crippen LogP contribution in [0.5, 0.6) is 5.75 Å². The van der Waals surface area contributed by atoms with E-state index in [9.17, 15) is 9.50 Å². The average Bonchev–Trinajstić information content (AvgIpc) is 2.42. The minimum atomic E-state index is -0.733.